The molecule has 0 aliphatic carbocycles. The van der Waals surface area contributed by atoms with Gasteiger partial charge in [0.1, 0.15) is 5.65 Å². The maximum atomic E-state index is 12.5. The quantitative estimate of drug-likeness (QED) is 0.764. The van der Waals surface area contributed by atoms with Crippen molar-refractivity contribution in [3.8, 4) is 0 Å². The van der Waals surface area contributed by atoms with Crippen molar-refractivity contribution in [3.05, 3.63) is 59.4 Å². The van der Waals surface area contributed by atoms with Gasteiger partial charge in [-0.1, -0.05) is 0 Å². The van der Waals surface area contributed by atoms with Gasteiger partial charge in [-0.25, -0.2) is 4.98 Å². The number of nitrogens with zero attached hydrogens (tertiary/aromatic N) is 2. The highest BCUT2D eigenvalue weighted by atomic mass is 16.2. The van der Waals surface area contributed by atoms with E-state index in [4.69, 9.17) is 0 Å². The van der Waals surface area contributed by atoms with E-state index in [-0.39, 0.29) is 5.91 Å². The lowest BCUT2D eigenvalue weighted by molar-refractivity contribution is 0.0793. The van der Waals surface area contributed by atoms with Crippen molar-refractivity contribution in [3.63, 3.8) is 0 Å². The highest BCUT2D eigenvalue weighted by molar-refractivity contribution is 5.95. The second-order valence-electron chi connectivity index (χ2n) is 6.59. The predicted octanol–water partition coefficient (Wildman–Crippen LogP) is 3.72. The number of pyridine rings is 1. The molecule has 0 unspecified atom stereocenters. The average molecular weight is 334 g/mol. The largest absolute Gasteiger partial charge is 0.381 e. The SMILES string of the molecule is Cc1cc(C(=O)N2CCCC2)ccc1NCc1ccnc2[nH]ccc12. The minimum absolute atomic E-state index is 0.148. The molecule has 5 nitrogen and oxygen atoms in total. The molecule has 0 atom stereocenters. The number of likely N-dealkylation sites (tertiary alicyclic amines) is 1. The van der Waals surface area contributed by atoms with Crippen LogP contribution >= 0.6 is 0 Å². The van der Waals surface area contributed by atoms with Crippen molar-refractivity contribution < 1.29 is 4.79 Å². The van der Waals surface area contributed by atoms with Crippen LogP contribution < -0.4 is 5.32 Å². The van der Waals surface area contributed by atoms with Crippen LogP contribution in [0.1, 0.15) is 34.3 Å². The Morgan fingerprint density at radius 1 is 1.24 bits per heavy atom. The minimum Gasteiger partial charge on any atom is -0.381 e. The van der Waals surface area contributed by atoms with Crippen LogP contribution in [0.2, 0.25) is 0 Å². The Balaban J connectivity index is 1.49. The molecule has 1 amide bonds. The summed E-state index contributed by atoms with van der Waals surface area (Å²) in [5.74, 6) is 0.148. The van der Waals surface area contributed by atoms with Crippen LogP contribution in [0, 0.1) is 6.92 Å². The number of anilines is 1. The van der Waals surface area contributed by atoms with E-state index in [1.54, 1.807) is 0 Å². The molecule has 5 heteroatoms. The first-order valence-corrected chi connectivity index (χ1v) is 8.77. The van der Waals surface area contributed by atoms with Gasteiger partial charge in [-0.15, -0.1) is 0 Å². The lowest BCUT2D eigenvalue weighted by Gasteiger charge is -2.17. The van der Waals surface area contributed by atoms with Gasteiger partial charge in [0, 0.05) is 48.7 Å². The van der Waals surface area contributed by atoms with Crippen molar-refractivity contribution >= 4 is 22.6 Å². The van der Waals surface area contributed by atoms with Gasteiger partial charge in [0.15, 0.2) is 0 Å². The Kier molecular flexibility index (Phi) is 4.14. The molecular weight excluding hydrogens is 312 g/mol. The first-order valence-electron chi connectivity index (χ1n) is 8.77. The summed E-state index contributed by atoms with van der Waals surface area (Å²) >= 11 is 0. The number of aromatic nitrogens is 2. The molecule has 1 aliphatic heterocycles. The van der Waals surface area contributed by atoms with Gasteiger partial charge in [0.2, 0.25) is 0 Å². The molecule has 0 radical (unpaired) electrons. The lowest BCUT2D eigenvalue weighted by atomic mass is 10.1. The molecule has 4 rings (SSSR count). The molecular formula is C20H22N4O. The monoisotopic (exact) mass is 334 g/mol. The molecule has 0 saturated carbocycles. The summed E-state index contributed by atoms with van der Waals surface area (Å²) in [6, 6.07) is 10.00. The molecule has 2 N–H and O–H groups in total. The van der Waals surface area contributed by atoms with Crippen LogP contribution in [0.25, 0.3) is 11.0 Å². The molecule has 1 saturated heterocycles. The number of benzene rings is 1. The van der Waals surface area contributed by atoms with Crippen LogP contribution in [-0.2, 0) is 6.54 Å². The third-order valence-electron chi connectivity index (χ3n) is 4.89. The van der Waals surface area contributed by atoms with E-state index in [1.165, 1.54) is 5.56 Å². The van der Waals surface area contributed by atoms with Gasteiger partial charge in [0.25, 0.3) is 5.91 Å². The number of H-pyrrole nitrogens is 1. The summed E-state index contributed by atoms with van der Waals surface area (Å²) in [5.41, 5.74) is 5.02. The van der Waals surface area contributed by atoms with Crippen LogP contribution in [0.3, 0.4) is 0 Å². The van der Waals surface area contributed by atoms with Gasteiger partial charge >= 0.3 is 0 Å². The second-order valence-corrected chi connectivity index (χ2v) is 6.59. The fraction of sp³-hybridized carbons (Fsp3) is 0.300. The molecule has 2 aromatic heterocycles. The summed E-state index contributed by atoms with van der Waals surface area (Å²) in [6.45, 7) is 4.53. The number of carbonyl (C=O) groups excluding carboxylic acids is 1. The Labute approximate surface area is 147 Å². The van der Waals surface area contributed by atoms with E-state index in [1.807, 2.05) is 54.5 Å². The molecule has 128 valence electrons. The fourth-order valence-electron chi connectivity index (χ4n) is 3.46. The number of aromatic amines is 1. The van der Waals surface area contributed by atoms with Crippen molar-refractivity contribution in [2.45, 2.75) is 26.3 Å². The topological polar surface area (TPSA) is 61.0 Å². The van der Waals surface area contributed by atoms with E-state index < -0.39 is 0 Å². The van der Waals surface area contributed by atoms with Crippen molar-refractivity contribution in [2.75, 3.05) is 18.4 Å². The van der Waals surface area contributed by atoms with Crippen molar-refractivity contribution in [1.29, 1.82) is 0 Å². The number of fused-ring (bicyclic) bond motifs is 1. The second kappa shape index (κ2) is 6.59. The number of rotatable bonds is 4. The van der Waals surface area contributed by atoms with E-state index >= 15 is 0 Å². The van der Waals surface area contributed by atoms with E-state index in [9.17, 15) is 4.79 Å². The van der Waals surface area contributed by atoms with E-state index in [0.29, 0.717) is 0 Å². The molecule has 1 fully saturated rings. The minimum atomic E-state index is 0.148. The lowest BCUT2D eigenvalue weighted by Crippen LogP contribution is -2.27. The summed E-state index contributed by atoms with van der Waals surface area (Å²) in [6.07, 6.45) is 5.96. The number of nitrogens with one attached hydrogen (secondary N) is 2. The summed E-state index contributed by atoms with van der Waals surface area (Å²) in [5, 5.41) is 4.61. The normalized spacial score (nSPS) is 14.2. The van der Waals surface area contributed by atoms with E-state index in [2.05, 4.69) is 15.3 Å². The first kappa shape index (κ1) is 15.7. The van der Waals surface area contributed by atoms with Crippen LogP contribution in [0.15, 0.2) is 42.7 Å². The van der Waals surface area contributed by atoms with Gasteiger partial charge in [-0.05, 0) is 61.2 Å². The molecule has 25 heavy (non-hydrogen) atoms. The van der Waals surface area contributed by atoms with Gasteiger partial charge in [0.05, 0.1) is 0 Å². The van der Waals surface area contributed by atoms with Gasteiger partial charge in [-0.2, -0.15) is 0 Å². The summed E-state index contributed by atoms with van der Waals surface area (Å²) < 4.78 is 0. The number of hydrogen-bond donors (Lipinski definition) is 2. The zero-order chi connectivity index (χ0) is 17.2. The number of amides is 1. The Morgan fingerprint density at radius 2 is 2.08 bits per heavy atom. The first-order chi connectivity index (χ1) is 12.2. The maximum absolute atomic E-state index is 12.5. The fourth-order valence-corrected chi connectivity index (χ4v) is 3.46. The highest BCUT2D eigenvalue weighted by Gasteiger charge is 2.19. The third kappa shape index (κ3) is 3.09. The molecule has 3 heterocycles. The van der Waals surface area contributed by atoms with Crippen LogP contribution in [0.4, 0.5) is 5.69 Å². The van der Waals surface area contributed by atoms with Crippen molar-refractivity contribution in [2.24, 2.45) is 0 Å². The molecule has 0 spiro atoms. The average Bonchev–Trinajstić information content (AvgIpc) is 3.31. The Morgan fingerprint density at radius 3 is 2.88 bits per heavy atom. The Hall–Kier alpha value is -2.82. The highest BCUT2D eigenvalue weighted by Crippen LogP contribution is 2.22. The molecule has 1 aliphatic rings. The Bertz CT molecular complexity index is 909. The smallest absolute Gasteiger partial charge is 0.253 e. The molecule has 1 aromatic carbocycles. The summed E-state index contributed by atoms with van der Waals surface area (Å²) in [4.78, 5) is 21.9. The summed E-state index contributed by atoms with van der Waals surface area (Å²) in [7, 11) is 0. The van der Waals surface area contributed by atoms with Crippen LogP contribution in [0.5, 0.6) is 0 Å². The van der Waals surface area contributed by atoms with Crippen LogP contribution in [-0.4, -0.2) is 33.9 Å². The maximum Gasteiger partial charge on any atom is 0.253 e. The predicted molar refractivity (Wildman–Crippen MR) is 99.7 cm³/mol. The zero-order valence-electron chi connectivity index (χ0n) is 14.4. The molecule has 3 aromatic rings. The standard InChI is InChI=1S/C20H22N4O/c1-14-12-15(20(25)24-10-2-3-11-24)4-5-18(14)23-13-16-6-8-21-19-17(16)7-9-22-19/h4-9,12,23H,2-3,10-11,13H2,1H3,(H,21,22). The number of aryl methyl sites for hydroxylation is 1. The number of carbonyl (C=O) groups is 1. The third-order valence-corrected chi connectivity index (χ3v) is 4.89. The van der Waals surface area contributed by atoms with Gasteiger partial charge < -0.3 is 15.2 Å². The van der Waals surface area contributed by atoms with E-state index in [0.717, 1.165) is 60.3 Å². The van der Waals surface area contributed by atoms with Gasteiger partial charge in [-0.3, -0.25) is 4.79 Å². The van der Waals surface area contributed by atoms with Crippen molar-refractivity contribution in [1.82, 2.24) is 14.9 Å². The number of hydrogen-bond acceptors (Lipinski definition) is 3. The zero-order valence-corrected chi connectivity index (χ0v) is 14.4. The molecule has 0 bridgehead atoms.